The molecule has 0 unspecified atom stereocenters. The summed E-state index contributed by atoms with van der Waals surface area (Å²) in [6.07, 6.45) is 2.64. The van der Waals surface area contributed by atoms with Gasteiger partial charge in [0.05, 0.1) is 21.8 Å². The SMILES string of the molecule is C=CC(=O)N1CCN(c2c(C#N)cnc3c(Cl)c(-c4ccccc4F)c(F)cc23)CC1. The van der Waals surface area contributed by atoms with Crippen LogP contribution in [0.15, 0.2) is 49.2 Å². The maximum atomic E-state index is 15.2. The Morgan fingerprint density at radius 2 is 1.90 bits per heavy atom. The molecule has 0 spiro atoms. The van der Waals surface area contributed by atoms with Crippen molar-refractivity contribution in [3.63, 3.8) is 0 Å². The third-order valence-corrected chi connectivity index (χ3v) is 5.74. The summed E-state index contributed by atoms with van der Waals surface area (Å²) in [6, 6.07) is 9.13. The lowest BCUT2D eigenvalue weighted by Crippen LogP contribution is -2.48. The van der Waals surface area contributed by atoms with E-state index >= 15 is 4.39 Å². The zero-order valence-electron chi connectivity index (χ0n) is 16.4. The second kappa shape index (κ2) is 8.32. The molecule has 2 heterocycles. The van der Waals surface area contributed by atoms with Crippen LogP contribution in [0.3, 0.4) is 0 Å². The summed E-state index contributed by atoms with van der Waals surface area (Å²) >= 11 is 6.51. The Bertz CT molecular complexity index is 1250. The van der Waals surface area contributed by atoms with Crippen LogP contribution in [0.2, 0.25) is 5.02 Å². The number of piperazine rings is 1. The molecule has 156 valence electrons. The highest BCUT2D eigenvalue weighted by Crippen LogP contribution is 2.41. The molecule has 1 aliphatic rings. The number of anilines is 1. The molecule has 1 saturated heterocycles. The number of hydrogen-bond donors (Lipinski definition) is 0. The standard InChI is InChI=1S/C23H17ClF2N4O/c1-2-19(31)29-7-9-30(10-8-29)23-14(12-27)13-28-22-16(23)11-18(26)20(21(22)24)15-5-3-4-6-17(15)25/h2-6,11,13H,1,7-10H2. The van der Waals surface area contributed by atoms with E-state index in [1.165, 1.54) is 36.5 Å². The van der Waals surface area contributed by atoms with Crippen LogP contribution in [0, 0.1) is 23.0 Å². The van der Waals surface area contributed by atoms with Crippen molar-refractivity contribution in [1.29, 1.82) is 5.26 Å². The van der Waals surface area contributed by atoms with Gasteiger partial charge in [-0.05, 0) is 18.2 Å². The summed E-state index contributed by atoms with van der Waals surface area (Å²) in [5, 5.41) is 9.97. The molecule has 0 saturated carbocycles. The number of carbonyl (C=O) groups is 1. The Morgan fingerprint density at radius 1 is 1.19 bits per heavy atom. The van der Waals surface area contributed by atoms with Crippen molar-refractivity contribution in [3.05, 3.63) is 71.4 Å². The zero-order chi connectivity index (χ0) is 22.1. The summed E-state index contributed by atoms with van der Waals surface area (Å²) in [7, 11) is 0. The Kier molecular flexibility index (Phi) is 5.57. The fraction of sp³-hybridized carbons (Fsp3) is 0.174. The van der Waals surface area contributed by atoms with Crippen LogP contribution in [0.5, 0.6) is 0 Å². The van der Waals surface area contributed by atoms with E-state index < -0.39 is 11.6 Å². The normalized spacial score (nSPS) is 13.9. The molecule has 0 radical (unpaired) electrons. The van der Waals surface area contributed by atoms with Crippen LogP contribution in [-0.4, -0.2) is 42.0 Å². The van der Waals surface area contributed by atoms with Gasteiger partial charge in [0, 0.05) is 48.9 Å². The lowest BCUT2D eigenvalue weighted by atomic mass is 10.00. The largest absolute Gasteiger partial charge is 0.366 e. The van der Waals surface area contributed by atoms with E-state index in [1.807, 2.05) is 4.90 Å². The summed E-state index contributed by atoms with van der Waals surface area (Å²) < 4.78 is 29.5. The van der Waals surface area contributed by atoms with Crippen molar-refractivity contribution in [2.24, 2.45) is 0 Å². The van der Waals surface area contributed by atoms with Crippen LogP contribution in [0.4, 0.5) is 14.5 Å². The molecule has 0 atom stereocenters. The van der Waals surface area contributed by atoms with Gasteiger partial charge >= 0.3 is 0 Å². The molecule has 1 aliphatic heterocycles. The van der Waals surface area contributed by atoms with Gasteiger partial charge in [-0.15, -0.1) is 0 Å². The fourth-order valence-corrected chi connectivity index (χ4v) is 4.21. The number of rotatable bonds is 3. The first-order chi connectivity index (χ1) is 15.0. The van der Waals surface area contributed by atoms with Gasteiger partial charge in [0.2, 0.25) is 5.91 Å². The molecule has 8 heteroatoms. The van der Waals surface area contributed by atoms with E-state index in [4.69, 9.17) is 11.6 Å². The number of nitrogens with zero attached hydrogens (tertiary/aromatic N) is 4. The Hall–Kier alpha value is -3.50. The highest BCUT2D eigenvalue weighted by molar-refractivity contribution is 6.38. The second-order valence-electron chi connectivity index (χ2n) is 7.07. The van der Waals surface area contributed by atoms with Crippen molar-refractivity contribution >= 4 is 34.1 Å². The topological polar surface area (TPSA) is 60.2 Å². The molecule has 4 rings (SSSR count). The number of fused-ring (bicyclic) bond motifs is 1. The second-order valence-corrected chi connectivity index (χ2v) is 7.45. The lowest BCUT2D eigenvalue weighted by Gasteiger charge is -2.36. The van der Waals surface area contributed by atoms with E-state index in [2.05, 4.69) is 17.6 Å². The van der Waals surface area contributed by atoms with Gasteiger partial charge in [-0.2, -0.15) is 5.26 Å². The van der Waals surface area contributed by atoms with Crippen molar-refractivity contribution in [2.75, 3.05) is 31.1 Å². The zero-order valence-corrected chi connectivity index (χ0v) is 17.2. The molecule has 3 aromatic rings. The average molecular weight is 439 g/mol. The molecular weight excluding hydrogens is 422 g/mol. The van der Waals surface area contributed by atoms with Crippen molar-refractivity contribution in [1.82, 2.24) is 9.88 Å². The van der Waals surface area contributed by atoms with Crippen LogP contribution in [-0.2, 0) is 4.79 Å². The van der Waals surface area contributed by atoms with Crippen LogP contribution in [0.1, 0.15) is 5.56 Å². The number of amides is 1. The maximum absolute atomic E-state index is 15.2. The molecule has 1 fully saturated rings. The fourth-order valence-electron chi connectivity index (χ4n) is 3.86. The van der Waals surface area contributed by atoms with Gasteiger partial charge in [-0.25, -0.2) is 8.78 Å². The van der Waals surface area contributed by atoms with E-state index in [-0.39, 0.29) is 33.1 Å². The first kappa shape index (κ1) is 20.8. The third kappa shape index (κ3) is 3.60. The summed E-state index contributed by atoms with van der Waals surface area (Å²) in [4.78, 5) is 19.7. The maximum Gasteiger partial charge on any atom is 0.246 e. The van der Waals surface area contributed by atoms with Crippen LogP contribution in [0.25, 0.3) is 22.0 Å². The molecule has 5 nitrogen and oxygen atoms in total. The molecule has 0 aliphatic carbocycles. The van der Waals surface area contributed by atoms with E-state index in [9.17, 15) is 14.4 Å². The van der Waals surface area contributed by atoms with Crippen molar-refractivity contribution in [2.45, 2.75) is 0 Å². The van der Waals surface area contributed by atoms with Gasteiger partial charge in [0.15, 0.2) is 0 Å². The van der Waals surface area contributed by atoms with Gasteiger partial charge in [0.25, 0.3) is 0 Å². The van der Waals surface area contributed by atoms with Crippen LogP contribution >= 0.6 is 11.6 Å². The molecule has 2 aromatic carbocycles. The highest BCUT2D eigenvalue weighted by Gasteiger charge is 2.26. The molecule has 0 bridgehead atoms. The minimum absolute atomic E-state index is 0.0219. The molecule has 1 amide bonds. The lowest BCUT2D eigenvalue weighted by molar-refractivity contribution is -0.126. The molecule has 31 heavy (non-hydrogen) atoms. The van der Waals surface area contributed by atoms with Gasteiger partial charge in [0.1, 0.15) is 17.7 Å². The monoisotopic (exact) mass is 438 g/mol. The smallest absolute Gasteiger partial charge is 0.246 e. The summed E-state index contributed by atoms with van der Waals surface area (Å²) in [5.41, 5.74) is 1.01. The van der Waals surface area contributed by atoms with Crippen LogP contribution < -0.4 is 4.90 Å². The highest BCUT2D eigenvalue weighted by atomic mass is 35.5. The van der Waals surface area contributed by atoms with Crippen molar-refractivity contribution < 1.29 is 13.6 Å². The number of halogens is 3. The quantitative estimate of drug-likeness (QED) is 0.563. The first-order valence-corrected chi connectivity index (χ1v) is 9.96. The number of aromatic nitrogens is 1. The molecule has 0 N–H and O–H groups in total. The van der Waals surface area contributed by atoms with E-state index in [0.717, 1.165) is 0 Å². The number of pyridine rings is 1. The molecule has 1 aromatic heterocycles. The summed E-state index contributed by atoms with van der Waals surface area (Å²) in [5.74, 6) is -1.47. The Labute approximate surface area is 182 Å². The van der Waals surface area contributed by atoms with Gasteiger partial charge in [-0.3, -0.25) is 9.78 Å². The molecular formula is C23H17ClF2N4O. The van der Waals surface area contributed by atoms with E-state index in [1.54, 1.807) is 11.0 Å². The van der Waals surface area contributed by atoms with Crippen molar-refractivity contribution in [3.8, 4) is 17.2 Å². The first-order valence-electron chi connectivity index (χ1n) is 9.58. The number of hydrogen-bond acceptors (Lipinski definition) is 4. The number of nitriles is 1. The minimum Gasteiger partial charge on any atom is -0.366 e. The summed E-state index contributed by atoms with van der Waals surface area (Å²) in [6.45, 7) is 5.26. The van der Waals surface area contributed by atoms with Gasteiger partial charge in [-0.1, -0.05) is 36.4 Å². The van der Waals surface area contributed by atoms with Gasteiger partial charge < -0.3 is 9.80 Å². The predicted molar refractivity (Wildman–Crippen MR) is 116 cm³/mol. The number of carbonyl (C=O) groups excluding carboxylic acids is 1. The minimum atomic E-state index is -0.707. The number of benzene rings is 2. The van der Waals surface area contributed by atoms with E-state index in [0.29, 0.717) is 37.3 Å². The Balaban J connectivity index is 1.85. The average Bonchev–Trinajstić information content (AvgIpc) is 2.79. The Morgan fingerprint density at radius 3 is 2.55 bits per heavy atom. The third-order valence-electron chi connectivity index (χ3n) is 5.37. The predicted octanol–water partition coefficient (Wildman–Crippen LogP) is 4.54.